The normalized spacial score (nSPS) is 12.6. The van der Waals surface area contributed by atoms with E-state index in [0.29, 0.717) is 0 Å². The van der Waals surface area contributed by atoms with E-state index in [1.54, 1.807) is 0 Å². The summed E-state index contributed by atoms with van der Waals surface area (Å²) in [4.78, 5) is 0. The summed E-state index contributed by atoms with van der Waals surface area (Å²) in [6, 6.07) is 5.93. The van der Waals surface area contributed by atoms with E-state index in [0.717, 1.165) is 16.1 Å². The van der Waals surface area contributed by atoms with Crippen molar-refractivity contribution in [3.8, 4) is 0 Å². The highest BCUT2D eigenvalue weighted by Gasteiger charge is 2.21. The molecule has 0 nitrogen and oxygen atoms in total. The highest BCUT2D eigenvalue weighted by atomic mass is 35.5. The molecule has 0 saturated carbocycles. The summed E-state index contributed by atoms with van der Waals surface area (Å²) in [6.07, 6.45) is 0. The highest BCUT2D eigenvalue weighted by Crippen LogP contribution is 2.39. The van der Waals surface area contributed by atoms with E-state index in [2.05, 4.69) is 41.5 Å². The van der Waals surface area contributed by atoms with Crippen LogP contribution in [0.25, 0.3) is 0 Å². The lowest BCUT2D eigenvalue weighted by Gasteiger charge is -2.23. The van der Waals surface area contributed by atoms with Crippen LogP contribution in [0.5, 0.6) is 0 Å². The predicted octanol–water partition coefficient (Wildman–Crippen LogP) is 6.52. The van der Waals surface area contributed by atoms with Crippen molar-refractivity contribution in [2.24, 2.45) is 0 Å². The molecule has 0 amide bonds. The Morgan fingerprint density at radius 1 is 0.762 bits per heavy atom. The minimum absolute atomic E-state index is 0.139. The molecule has 0 aliphatic carbocycles. The molecule has 2 aromatic rings. The zero-order valence-electron chi connectivity index (χ0n) is 13.6. The third-order valence-corrected chi connectivity index (χ3v) is 5.50. The van der Waals surface area contributed by atoms with Crippen LogP contribution >= 0.6 is 23.2 Å². The van der Waals surface area contributed by atoms with Gasteiger partial charge < -0.3 is 0 Å². The Labute approximate surface area is 138 Å². The van der Waals surface area contributed by atoms with Gasteiger partial charge in [-0.05, 0) is 98.2 Å². The molecule has 0 aromatic heterocycles. The lowest BCUT2D eigenvalue weighted by molar-refractivity contribution is 1.03. The second-order valence-corrected chi connectivity index (χ2v) is 6.78. The first-order valence-electron chi connectivity index (χ1n) is 7.22. The monoisotopic (exact) mass is 320 g/mol. The molecule has 0 spiro atoms. The molecule has 0 fully saturated rings. The van der Waals surface area contributed by atoms with Crippen molar-refractivity contribution in [3.05, 3.63) is 67.7 Å². The zero-order chi connectivity index (χ0) is 15.9. The molecular formula is C19H22Cl2. The number of alkyl halides is 1. The molecule has 2 rings (SSSR count). The molecule has 0 radical (unpaired) electrons. The molecule has 21 heavy (non-hydrogen) atoms. The van der Waals surface area contributed by atoms with Crippen molar-refractivity contribution < 1.29 is 0 Å². The van der Waals surface area contributed by atoms with Crippen LogP contribution in [0, 0.1) is 41.5 Å². The number of hydrogen-bond acceptors (Lipinski definition) is 0. The van der Waals surface area contributed by atoms with Crippen molar-refractivity contribution >= 4 is 23.2 Å². The van der Waals surface area contributed by atoms with E-state index in [9.17, 15) is 0 Å². The van der Waals surface area contributed by atoms with E-state index in [1.165, 1.54) is 33.4 Å². The van der Waals surface area contributed by atoms with Crippen molar-refractivity contribution in [1.29, 1.82) is 0 Å². The summed E-state index contributed by atoms with van der Waals surface area (Å²) in [5, 5.41) is 0.616. The fraction of sp³-hybridized carbons (Fsp3) is 0.368. The topological polar surface area (TPSA) is 0 Å². The molecule has 0 bridgehead atoms. The Hall–Kier alpha value is -0.980. The Kier molecular flexibility index (Phi) is 4.70. The van der Waals surface area contributed by atoms with Crippen molar-refractivity contribution in [2.75, 3.05) is 0 Å². The average Bonchev–Trinajstić information content (AvgIpc) is 2.43. The largest absolute Gasteiger partial charge is 0.113 e. The van der Waals surface area contributed by atoms with Crippen LogP contribution in [0.1, 0.15) is 49.9 Å². The Morgan fingerprint density at radius 3 is 1.71 bits per heavy atom. The molecule has 1 atom stereocenters. The molecule has 0 heterocycles. The van der Waals surface area contributed by atoms with Gasteiger partial charge in [-0.15, -0.1) is 11.6 Å². The number of benzene rings is 2. The second kappa shape index (κ2) is 6.02. The summed E-state index contributed by atoms with van der Waals surface area (Å²) in [5.74, 6) is 0. The van der Waals surface area contributed by atoms with E-state index in [4.69, 9.17) is 23.2 Å². The number of hydrogen-bond donors (Lipinski definition) is 0. The second-order valence-electron chi connectivity index (χ2n) is 5.90. The summed E-state index contributed by atoms with van der Waals surface area (Å²) in [7, 11) is 0. The van der Waals surface area contributed by atoms with Crippen molar-refractivity contribution in [3.63, 3.8) is 0 Å². The zero-order valence-corrected chi connectivity index (χ0v) is 15.1. The minimum atomic E-state index is -0.139. The van der Waals surface area contributed by atoms with Crippen molar-refractivity contribution in [2.45, 2.75) is 46.9 Å². The highest BCUT2D eigenvalue weighted by molar-refractivity contribution is 6.30. The molecule has 2 aromatic carbocycles. The van der Waals surface area contributed by atoms with Crippen LogP contribution in [0.2, 0.25) is 5.02 Å². The van der Waals surface area contributed by atoms with Gasteiger partial charge in [-0.1, -0.05) is 17.7 Å². The van der Waals surface area contributed by atoms with E-state index >= 15 is 0 Å². The first kappa shape index (κ1) is 16.4. The Bertz CT molecular complexity index is 670. The van der Waals surface area contributed by atoms with Gasteiger partial charge in [0.15, 0.2) is 0 Å². The first-order valence-corrected chi connectivity index (χ1v) is 8.04. The minimum Gasteiger partial charge on any atom is -0.113 e. The first-order chi connectivity index (χ1) is 9.75. The lowest BCUT2D eigenvalue weighted by Crippen LogP contribution is -2.07. The van der Waals surface area contributed by atoms with Crippen molar-refractivity contribution in [1.82, 2.24) is 0 Å². The number of halogens is 2. The van der Waals surface area contributed by atoms with Crippen LogP contribution in [0.4, 0.5) is 0 Å². The maximum Gasteiger partial charge on any atom is 0.0843 e. The van der Waals surface area contributed by atoms with Gasteiger partial charge in [0.1, 0.15) is 0 Å². The Morgan fingerprint density at radius 2 is 1.24 bits per heavy atom. The molecule has 112 valence electrons. The van der Waals surface area contributed by atoms with Crippen LogP contribution in [-0.4, -0.2) is 0 Å². The lowest BCUT2D eigenvalue weighted by atomic mass is 9.86. The summed E-state index contributed by atoms with van der Waals surface area (Å²) < 4.78 is 0. The van der Waals surface area contributed by atoms with Gasteiger partial charge in [-0.3, -0.25) is 0 Å². The smallest absolute Gasteiger partial charge is 0.0843 e. The van der Waals surface area contributed by atoms with Crippen LogP contribution < -0.4 is 0 Å². The summed E-state index contributed by atoms with van der Waals surface area (Å²) in [5.41, 5.74) is 10.1. The molecule has 0 saturated heterocycles. The molecule has 1 unspecified atom stereocenters. The number of aryl methyl sites for hydroxylation is 1. The predicted molar refractivity (Wildman–Crippen MR) is 94.0 cm³/mol. The fourth-order valence-corrected chi connectivity index (χ4v) is 3.79. The van der Waals surface area contributed by atoms with Crippen LogP contribution in [0.15, 0.2) is 18.2 Å². The summed E-state index contributed by atoms with van der Waals surface area (Å²) >= 11 is 12.9. The standard InChI is InChI=1S/C19H22Cl2/c1-10-9-16(20)7-8-17(10)19(21)18-14(5)12(3)11(2)13(4)15(18)6/h7-9,19H,1-6H3. The maximum absolute atomic E-state index is 6.85. The van der Waals surface area contributed by atoms with Gasteiger partial charge in [0.2, 0.25) is 0 Å². The quantitative estimate of drug-likeness (QED) is 0.552. The fourth-order valence-electron chi connectivity index (χ4n) is 2.99. The van der Waals surface area contributed by atoms with Gasteiger partial charge in [-0.25, -0.2) is 0 Å². The van der Waals surface area contributed by atoms with E-state index in [-0.39, 0.29) is 5.38 Å². The molecule has 2 heteroatoms. The summed E-state index contributed by atoms with van der Waals surface area (Å²) in [6.45, 7) is 13.0. The third-order valence-electron chi connectivity index (χ3n) is 4.82. The third kappa shape index (κ3) is 2.84. The molecule has 0 aliphatic heterocycles. The SMILES string of the molecule is Cc1cc(Cl)ccc1C(Cl)c1c(C)c(C)c(C)c(C)c1C. The average molecular weight is 321 g/mol. The van der Waals surface area contributed by atoms with Gasteiger partial charge in [-0.2, -0.15) is 0 Å². The van der Waals surface area contributed by atoms with Crippen LogP contribution in [0.3, 0.4) is 0 Å². The number of rotatable bonds is 2. The maximum atomic E-state index is 6.85. The van der Waals surface area contributed by atoms with Gasteiger partial charge >= 0.3 is 0 Å². The van der Waals surface area contributed by atoms with Gasteiger partial charge in [0.05, 0.1) is 5.38 Å². The molecular weight excluding hydrogens is 299 g/mol. The van der Waals surface area contributed by atoms with Gasteiger partial charge in [0.25, 0.3) is 0 Å². The Balaban J connectivity index is 2.66. The molecule has 0 N–H and O–H groups in total. The van der Waals surface area contributed by atoms with E-state index in [1.807, 2.05) is 18.2 Å². The van der Waals surface area contributed by atoms with E-state index < -0.39 is 0 Å². The molecule has 0 aliphatic rings. The van der Waals surface area contributed by atoms with Crippen LogP contribution in [-0.2, 0) is 0 Å². The van der Waals surface area contributed by atoms with Gasteiger partial charge in [0, 0.05) is 5.02 Å².